The lowest BCUT2D eigenvalue weighted by atomic mass is 10.2. The normalized spacial score (nSPS) is 10.5. The van der Waals surface area contributed by atoms with Crippen molar-refractivity contribution in [2.75, 3.05) is 16.0 Å². The van der Waals surface area contributed by atoms with Crippen molar-refractivity contribution in [3.63, 3.8) is 0 Å². The number of urea groups is 1. The molecule has 0 bridgehead atoms. The van der Waals surface area contributed by atoms with Crippen LogP contribution in [0.1, 0.15) is 9.67 Å². The van der Waals surface area contributed by atoms with Gasteiger partial charge in [-0.05, 0) is 42.5 Å². The SMILES string of the molecule is O=C(Nc1ccccc1)Nc1ccc(NC(=O)c2sc3ccccc3c2Cl)cc1. The monoisotopic (exact) mass is 421 g/mol. The van der Waals surface area contributed by atoms with E-state index in [1.807, 2.05) is 42.5 Å². The fourth-order valence-electron chi connectivity index (χ4n) is 2.80. The number of nitrogens with one attached hydrogen (secondary N) is 3. The zero-order chi connectivity index (χ0) is 20.2. The highest BCUT2D eigenvalue weighted by atomic mass is 35.5. The van der Waals surface area contributed by atoms with Crippen LogP contribution < -0.4 is 16.0 Å². The Hall–Kier alpha value is -3.35. The molecule has 4 rings (SSSR count). The maximum absolute atomic E-state index is 12.6. The molecule has 3 N–H and O–H groups in total. The molecule has 0 spiro atoms. The minimum Gasteiger partial charge on any atom is -0.321 e. The van der Waals surface area contributed by atoms with E-state index in [0.717, 1.165) is 10.1 Å². The molecule has 0 aliphatic carbocycles. The van der Waals surface area contributed by atoms with Gasteiger partial charge in [-0.1, -0.05) is 48.0 Å². The molecule has 0 aliphatic rings. The zero-order valence-electron chi connectivity index (χ0n) is 15.1. The van der Waals surface area contributed by atoms with Crippen LogP contribution in [0.3, 0.4) is 0 Å². The molecule has 0 saturated carbocycles. The molecule has 0 fully saturated rings. The Morgan fingerprint density at radius 3 is 1.90 bits per heavy atom. The highest BCUT2D eigenvalue weighted by molar-refractivity contribution is 7.21. The van der Waals surface area contributed by atoms with Gasteiger partial charge in [-0.2, -0.15) is 0 Å². The van der Waals surface area contributed by atoms with Gasteiger partial charge in [-0.25, -0.2) is 4.79 Å². The molecule has 7 heteroatoms. The number of halogens is 1. The Morgan fingerprint density at radius 1 is 0.690 bits per heavy atom. The number of carbonyl (C=O) groups is 2. The predicted octanol–water partition coefficient (Wildman–Crippen LogP) is 6.45. The summed E-state index contributed by atoms with van der Waals surface area (Å²) in [6, 6.07) is 23.3. The van der Waals surface area contributed by atoms with E-state index in [9.17, 15) is 9.59 Å². The second-order valence-corrected chi connectivity index (χ2v) is 7.65. The van der Waals surface area contributed by atoms with Gasteiger partial charge in [0.1, 0.15) is 4.88 Å². The van der Waals surface area contributed by atoms with Gasteiger partial charge in [-0.15, -0.1) is 11.3 Å². The summed E-state index contributed by atoms with van der Waals surface area (Å²) in [6.07, 6.45) is 0. The van der Waals surface area contributed by atoms with Crippen molar-refractivity contribution in [1.82, 2.24) is 0 Å². The van der Waals surface area contributed by atoms with E-state index >= 15 is 0 Å². The van der Waals surface area contributed by atoms with Crippen LogP contribution in [0.25, 0.3) is 10.1 Å². The average Bonchev–Trinajstić information content (AvgIpc) is 3.07. The number of carbonyl (C=O) groups excluding carboxylic acids is 2. The summed E-state index contributed by atoms with van der Waals surface area (Å²) in [4.78, 5) is 25.1. The van der Waals surface area contributed by atoms with Gasteiger partial charge in [-0.3, -0.25) is 4.79 Å². The summed E-state index contributed by atoms with van der Waals surface area (Å²) in [5.74, 6) is -0.265. The molecule has 0 unspecified atom stereocenters. The number of anilines is 3. The molecule has 29 heavy (non-hydrogen) atoms. The lowest BCUT2D eigenvalue weighted by molar-refractivity contribution is 0.103. The first kappa shape index (κ1) is 19.0. The quantitative estimate of drug-likeness (QED) is 0.354. The molecule has 0 radical (unpaired) electrons. The molecule has 0 saturated heterocycles. The van der Waals surface area contributed by atoms with Crippen molar-refractivity contribution in [3.05, 3.63) is 88.8 Å². The van der Waals surface area contributed by atoms with Crippen LogP contribution in [0.2, 0.25) is 5.02 Å². The maximum Gasteiger partial charge on any atom is 0.323 e. The first-order valence-corrected chi connectivity index (χ1v) is 10.0. The number of amides is 3. The topological polar surface area (TPSA) is 70.2 Å². The van der Waals surface area contributed by atoms with Gasteiger partial charge in [0.25, 0.3) is 5.91 Å². The summed E-state index contributed by atoms with van der Waals surface area (Å²) >= 11 is 7.72. The number of benzene rings is 3. The lowest BCUT2D eigenvalue weighted by Gasteiger charge is -2.09. The van der Waals surface area contributed by atoms with E-state index in [1.54, 1.807) is 36.4 Å². The molecular formula is C22H16ClN3O2S. The smallest absolute Gasteiger partial charge is 0.321 e. The number of hydrogen-bond acceptors (Lipinski definition) is 3. The van der Waals surface area contributed by atoms with Crippen molar-refractivity contribution in [2.24, 2.45) is 0 Å². The van der Waals surface area contributed by atoms with Crippen molar-refractivity contribution in [1.29, 1.82) is 0 Å². The summed E-state index contributed by atoms with van der Waals surface area (Å²) in [6.45, 7) is 0. The van der Waals surface area contributed by atoms with E-state index in [4.69, 9.17) is 11.6 Å². The molecule has 4 aromatic rings. The molecule has 5 nitrogen and oxygen atoms in total. The Kier molecular flexibility index (Phi) is 5.46. The molecule has 144 valence electrons. The maximum atomic E-state index is 12.6. The van der Waals surface area contributed by atoms with Gasteiger partial charge >= 0.3 is 6.03 Å². The van der Waals surface area contributed by atoms with Crippen LogP contribution in [0.15, 0.2) is 78.9 Å². The molecular weight excluding hydrogens is 406 g/mol. The van der Waals surface area contributed by atoms with Crippen LogP contribution >= 0.6 is 22.9 Å². The van der Waals surface area contributed by atoms with Gasteiger partial charge in [0.2, 0.25) is 0 Å². The Bertz CT molecular complexity index is 1170. The first-order valence-electron chi connectivity index (χ1n) is 8.81. The van der Waals surface area contributed by atoms with Gasteiger partial charge in [0.15, 0.2) is 0 Å². The largest absolute Gasteiger partial charge is 0.323 e. The zero-order valence-corrected chi connectivity index (χ0v) is 16.7. The fourth-order valence-corrected chi connectivity index (χ4v) is 4.21. The number of rotatable bonds is 4. The third-order valence-electron chi connectivity index (χ3n) is 4.17. The molecule has 3 amide bonds. The Labute approximate surface area is 176 Å². The summed E-state index contributed by atoms with van der Waals surface area (Å²) in [5, 5.41) is 9.66. The minimum absolute atomic E-state index is 0.265. The standard InChI is InChI=1S/C22H16ClN3O2S/c23-19-17-8-4-5-9-18(17)29-20(19)21(27)24-15-10-12-16(13-11-15)26-22(28)25-14-6-2-1-3-7-14/h1-13H,(H,24,27)(H2,25,26,28). The minimum atomic E-state index is -0.343. The molecule has 0 aliphatic heterocycles. The summed E-state index contributed by atoms with van der Waals surface area (Å²) in [5.41, 5.74) is 1.92. The summed E-state index contributed by atoms with van der Waals surface area (Å²) < 4.78 is 0.964. The van der Waals surface area contributed by atoms with Crippen LogP contribution in [0.4, 0.5) is 21.9 Å². The fraction of sp³-hybridized carbons (Fsp3) is 0. The number of hydrogen-bond donors (Lipinski definition) is 3. The third-order valence-corrected chi connectivity index (χ3v) is 5.85. The number of para-hydroxylation sites is 1. The summed E-state index contributed by atoms with van der Waals surface area (Å²) in [7, 11) is 0. The van der Waals surface area contributed by atoms with Crippen molar-refractivity contribution < 1.29 is 9.59 Å². The predicted molar refractivity (Wildman–Crippen MR) is 120 cm³/mol. The van der Waals surface area contributed by atoms with Gasteiger partial charge < -0.3 is 16.0 Å². The highest BCUT2D eigenvalue weighted by Gasteiger charge is 2.17. The van der Waals surface area contributed by atoms with E-state index < -0.39 is 0 Å². The van der Waals surface area contributed by atoms with E-state index in [0.29, 0.717) is 27.0 Å². The highest BCUT2D eigenvalue weighted by Crippen LogP contribution is 2.35. The van der Waals surface area contributed by atoms with Crippen molar-refractivity contribution in [2.45, 2.75) is 0 Å². The van der Waals surface area contributed by atoms with Crippen molar-refractivity contribution >= 4 is 62.0 Å². The molecule has 0 atom stereocenters. The van der Waals surface area contributed by atoms with Crippen molar-refractivity contribution in [3.8, 4) is 0 Å². The van der Waals surface area contributed by atoms with Crippen LogP contribution in [0.5, 0.6) is 0 Å². The van der Waals surface area contributed by atoms with Crippen LogP contribution in [-0.4, -0.2) is 11.9 Å². The Morgan fingerprint density at radius 2 is 1.24 bits per heavy atom. The van der Waals surface area contributed by atoms with Gasteiger partial charge in [0.05, 0.1) is 5.02 Å². The van der Waals surface area contributed by atoms with E-state index in [1.165, 1.54) is 11.3 Å². The third kappa shape index (κ3) is 4.39. The lowest BCUT2D eigenvalue weighted by Crippen LogP contribution is -2.19. The van der Waals surface area contributed by atoms with Gasteiger partial charge in [0, 0.05) is 27.1 Å². The average molecular weight is 422 g/mol. The Balaban J connectivity index is 1.40. The number of fused-ring (bicyclic) bond motifs is 1. The second kappa shape index (κ2) is 8.34. The van der Waals surface area contributed by atoms with Crippen LogP contribution in [-0.2, 0) is 0 Å². The molecule has 1 heterocycles. The number of thiophene rings is 1. The second-order valence-electron chi connectivity index (χ2n) is 6.22. The van der Waals surface area contributed by atoms with E-state index in [-0.39, 0.29) is 11.9 Å². The molecule has 3 aromatic carbocycles. The van der Waals surface area contributed by atoms with E-state index in [2.05, 4.69) is 16.0 Å². The first-order chi connectivity index (χ1) is 14.1. The molecule has 1 aromatic heterocycles. The van der Waals surface area contributed by atoms with Crippen LogP contribution in [0, 0.1) is 0 Å².